The topological polar surface area (TPSA) is 51.5 Å². The highest BCUT2D eigenvalue weighted by Crippen LogP contribution is 2.23. The van der Waals surface area contributed by atoms with Crippen molar-refractivity contribution < 1.29 is 13.9 Å². The normalized spacial score (nSPS) is 17.9. The molecule has 0 aliphatic carbocycles. The van der Waals surface area contributed by atoms with Crippen LogP contribution in [0, 0.1) is 0 Å². The molecule has 1 amide bonds. The van der Waals surface area contributed by atoms with Crippen LogP contribution in [-0.4, -0.2) is 25.2 Å². The second-order valence-electron chi connectivity index (χ2n) is 5.02. The molecule has 1 saturated heterocycles. The summed E-state index contributed by atoms with van der Waals surface area (Å²) in [5, 5.41) is 3.50. The Morgan fingerprint density at radius 1 is 1.24 bits per heavy atom. The molecule has 3 rings (SSSR count). The number of ether oxygens (including phenoxy) is 1. The zero-order valence-electron chi connectivity index (χ0n) is 11.5. The van der Waals surface area contributed by atoms with E-state index in [1.807, 2.05) is 12.1 Å². The average molecular weight is 306 g/mol. The summed E-state index contributed by atoms with van der Waals surface area (Å²) < 4.78 is 11.1. The van der Waals surface area contributed by atoms with Gasteiger partial charge in [-0.25, -0.2) is 0 Å². The molecular weight excluding hydrogens is 290 g/mol. The van der Waals surface area contributed by atoms with Gasteiger partial charge < -0.3 is 14.5 Å². The fourth-order valence-electron chi connectivity index (χ4n) is 2.33. The van der Waals surface area contributed by atoms with Gasteiger partial charge >= 0.3 is 0 Å². The summed E-state index contributed by atoms with van der Waals surface area (Å²) in [4.78, 5) is 12.0. The summed E-state index contributed by atoms with van der Waals surface area (Å²) in [6, 6.07) is 10.7. The summed E-state index contributed by atoms with van der Waals surface area (Å²) in [6.45, 7) is 1.30. The minimum absolute atomic E-state index is 0.125. The Bertz CT molecular complexity index is 615. The van der Waals surface area contributed by atoms with Crippen LogP contribution in [0.1, 0.15) is 23.4 Å². The van der Waals surface area contributed by atoms with Gasteiger partial charge in [-0.2, -0.15) is 0 Å². The molecule has 1 fully saturated rings. The second kappa shape index (κ2) is 6.33. The molecule has 0 bridgehead atoms. The number of nitrogens with one attached hydrogen (secondary N) is 1. The van der Waals surface area contributed by atoms with Crippen LogP contribution in [0.15, 0.2) is 40.8 Å². The molecule has 2 heterocycles. The molecule has 1 atom stereocenters. The molecule has 0 radical (unpaired) electrons. The zero-order chi connectivity index (χ0) is 14.7. The van der Waals surface area contributed by atoms with Crippen LogP contribution < -0.4 is 5.32 Å². The maximum Gasteiger partial charge on any atom is 0.287 e. The molecule has 4 nitrogen and oxygen atoms in total. The van der Waals surface area contributed by atoms with E-state index < -0.39 is 0 Å². The quantitative estimate of drug-likeness (QED) is 0.940. The first-order valence-corrected chi connectivity index (χ1v) is 7.36. The molecule has 1 N–H and O–H groups in total. The maximum atomic E-state index is 12.0. The largest absolute Gasteiger partial charge is 0.451 e. The monoisotopic (exact) mass is 305 g/mol. The number of furan rings is 1. The minimum Gasteiger partial charge on any atom is -0.451 e. The molecule has 21 heavy (non-hydrogen) atoms. The molecule has 1 aliphatic rings. The van der Waals surface area contributed by atoms with Crippen molar-refractivity contribution in [1.82, 2.24) is 5.32 Å². The van der Waals surface area contributed by atoms with Crippen molar-refractivity contribution in [2.45, 2.75) is 18.9 Å². The number of hydrogen-bond donors (Lipinski definition) is 1. The molecule has 1 aromatic carbocycles. The van der Waals surface area contributed by atoms with Crippen LogP contribution in [0.25, 0.3) is 11.3 Å². The number of rotatable bonds is 4. The Morgan fingerprint density at radius 2 is 2.05 bits per heavy atom. The predicted molar refractivity (Wildman–Crippen MR) is 80.5 cm³/mol. The van der Waals surface area contributed by atoms with E-state index in [1.54, 1.807) is 24.3 Å². The number of benzene rings is 1. The van der Waals surface area contributed by atoms with E-state index in [-0.39, 0.29) is 12.0 Å². The van der Waals surface area contributed by atoms with Crippen molar-refractivity contribution in [3.63, 3.8) is 0 Å². The number of carbonyl (C=O) groups excluding carboxylic acids is 1. The summed E-state index contributed by atoms with van der Waals surface area (Å²) in [5.41, 5.74) is 0.887. The maximum absolute atomic E-state index is 12.0. The van der Waals surface area contributed by atoms with Crippen molar-refractivity contribution in [1.29, 1.82) is 0 Å². The predicted octanol–water partition coefficient (Wildman–Crippen LogP) is 3.51. The summed E-state index contributed by atoms with van der Waals surface area (Å²) in [5.74, 6) is 0.734. The lowest BCUT2D eigenvalue weighted by Crippen LogP contribution is -2.31. The second-order valence-corrected chi connectivity index (χ2v) is 5.45. The third-order valence-electron chi connectivity index (χ3n) is 3.47. The molecule has 0 saturated carbocycles. The van der Waals surface area contributed by atoms with Gasteiger partial charge in [0.05, 0.1) is 6.10 Å². The lowest BCUT2D eigenvalue weighted by molar-refractivity contribution is 0.0836. The average Bonchev–Trinajstić information content (AvgIpc) is 3.17. The van der Waals surface area contributed by atoms with E-state index in [1.165, 1.54) is 0 Å². The van der Waals surface area contributed by atoms with Crippen LogP contribution in [-0.2, 0) is 4.74 Å². The van der Waals surface area contributed by atoms with Crippen molar-refractivity contribution in [2.75, 3.05) is 13.2 Å². The third-order valence-corrected chi connectivity index (χ3v) is 3.72. The van der Waals surface area contributed by atoms with Crippen molar-refractivity contribution in [3.05, 3.63) is 47.2 Å². The first-order valence-electron chi connectivity index (χ1n) is 6.98. The number of halogens is 1. The van der Waals surface area contributed by atoms with Gasteiger partial charge in [0.25, 0.3) is 5.91 Å². The molecule has 0 spiro atoms. The lowest BCUT2D eigenvalue weighted by Gasteiger charge is -2.09. The summed E-state index contributed by atoms with van der Waals surface area (Å²) in [6.07, 6.45) is 2.18. The van der Waals surface area contributed by atoms with E-state index in [9.17, 15) is 4.79 Å². The Balaban J connectivity index is 1.63. The molecule has 1 aromatic heterocycles. The molecule has 1 unspecified atom stereocenters. The Morgan fingerprint density at radius 3 is 2.76 bits per heavy atom. The Labute approximate surface area is 128 Å². The highest BCUT2D eigenvalue weighted by Gasteiger charge is 2.18. The van der Waals surface area contributed by atoms with E-state index in [4.69, 9.17) is 20.8 Å². The fraction of sp³-hybridized carbons (Fsp3) is 0.312. The zero-order valence-corrected chi connectivity index (χ0v) is 12.2. The summed E-state index contributed by atoms with van der Waals surface area (Å²) >= 11 is 5.85. The van der Waals surface area contributed by atoms with Gasteiger partial charge in [0, 0.05) is 23.7 Å². The van der Waals surface area contributed by atoms with Crippen LogP contribution in [0.4, 0.5) is 0 Å². The van der Waals surface area contributed by atoms with Gasteiger partial charge in [0.2, 0.25) is 0 Å². The smallest absolute Gasteiger partial charge is 0.287 e. The molecule has 5 heteroatoms. The molecule has 110 valence electrons. The van der Waals surface area contributed by atoms with E-state index >= 15 is 0 Å². The van der Waals surface area contributed by atoms with Crippen molar-refractivity contribution >= 4 is 17.5 Å². The van der Waals surface area contributed by atoms with Crippen LogP contribution in [0.2, 0.25) is 5.02 Å². The van der Waals surface area contributed by atoms with Crippen molar-refractivity contribution in [2.24, 2.45) is 0 Å². The fourth-order valence-corrected chi connectivity index (χ4v) is 2.45. The molecular formula is C16H16ClNO3. The SMILES string of the molecule is O=C(NCC1CCCO1)c1ccc(-c2ccc(Cl)cc2)o1. The highest BCUT2D eigenvalue weighted by molar-refractivity contribution is 6.30. The highest BCUT2D eigenvalue weighted by atomic mass is 35.5. The van der Waals surface area contributed by atoms with Gasteiger partial charge in [-0.05, 0) is 49.2 Å². The van der Waals surface area contributed by atoms with Gasteiger partial charge in [-0.15, -0.1) is 0 Å². The lowest BCUT2D eigenvalue weighted by atomic mass is 10.2. The molecule has 1 aliphatic heterocycles. The third kappa shape index (κ3) is 3.46. The number of amides is 1. The van der Waals surface area contributed by atoms with E-state index in [0.717, 1.165) is 25.0 Å². The van der Waals surface area contributed by atoms with Crippen molar-refractivity contribution in [3.8, 4) is 11.3 Å². The number of carbonyl (C=O) groups is 1. The molecule has 2 aromatic rings. The minimum atomic E-state index is -0.217. The van der Waals surface area contributed by atoms with Gasteiger partial charge in [0.1, 0.15) is 5.76 Å². The summed E-state index contributed by atoms with van der Waals surface area (Å²) in [7, 11) is 0. The van der Waals surface area contributed by atoms with Crippen LogP contribution in [0.3, 0.4) is 0 Å². The van der Waals surface area contributed by atoms with Gasteiger partial charge in [-0.1, -0.05) is 11.6 Å². The first-order chi connectivity index (χ1) is 10.2. The van der Waals surface area contributed by atoms with Crippen LogP contribution in [0.5, 0.6) is 0 Å². The van der Waals surface area contributed by atoms with E-state index in [0.29, 0.717) is 23.1 Å². The standard InChI is InChI=1S/C16H16ClNO3/c17-12-5-3-11(4-6-12)14-7-8-15(21-14)16(19)18-10-13-2-1-9-20-13/h3-8,13H,1-2,9-10H2,(H,18,19). The van der Waals surface area contributed by atoms with Gasteiger partial charge in [-0.3, -0.25) is 4.79 Å². The van der Waals surface area contributed by atoms with E-state index in [2.05, 4.69) is 5.32 Å². The van der Waals surface area contributed by atoms with Gasteiger partial charge in [0.15, 0.2) is 5.76 Å². The van der Waals surface area contributed by atoms with Crippen LogP contribution >= 0.6 is 11.6 Å². The first kappa shape index (κ1) is 14.2. The Kier molecular flexibility index (Phi) is 4.27. The Hall–Kier alpha value is -1.78. The number of hydrogen-bond acceptors (Lipinski definition) is 3.